The smallest absolute Gasteiger partial charge is 0.341 e. The molecule has 0 unspecified atom stereocenters. The van der Waals surface area contributed by atoms with Gasteiger partial charge in [0.05, 0.1) is 10.5 Å². The normalized spacial score (nSPS) is 11.7. The molecular weight excluding hydrogens is 351 g/mol. The molecule has 0 N–H and O–H groups in total. The number of carbonyl (C=O) groups is 1. The molecule has 0 aliphatic rings. The lowest BCUT2D eigenvalue weighted by Crippen LogP contribution is -2.30. The van der Waals surface area contributed by atoms with Gasteiger partial charge in [-0.15, -0.1) is 0 Å². The summed E-state index contributed by atoms with van der Waals surface area (Å²) in [5.41, 5.74) is -0.0772. The van der Waals surface area contributed by atoms with E-state index >= 15 is 0 Å². The van der Waals surface area contributed by atoms with Crippen LogP contribution in [0.1, 0.15) is 35.7 Å². The van der Waals surface area contributed by atoms with Crippen LogP contribution in [0.5, 0.6) is 0 Å². The van der Waals surface area contributed by atoms with Crippen LogP contribution >= 0.6 is 0 Å². The highest BCUT2D eigenvalue weighted by Crippen LogP contribution is 2.20. The maximum absolute atomic E-state index is 14.0. The van der Waals surface area contributed by atoms with Gasteiger partial charge in [0, 0.05) is 19.2 Å². The molecule has 0 atom stereocenters. The van der Waals surface area contributed by atoms with Crippen molar-refractivity contribution in [2.24, 2.45) is 0 Å². The molecule has 0 fully saturated rings. The van der Waals surface area contributed by atoms with Gasteiger partial charge < -0.3 is 9.26 Å². The van der Waals surface area contributed by atoms with Crippen molar-refractivity contribution in [3.05, 3.63) is 47.1 Å². The van der Waals surface area contributed by atoms with Crippen molar-refractivity contribution in [2.45, 2.75) is 32.3 Å². The SMILES string of the molecule is CCN(CC)S(=O)(=O)c1ccc(F)c(C(=O)OCc2cc(C)on2)c1. The minimum atomic E-state index is -3.81. The van der Waals surface area contributed by atoms with Crippen molar-refractivity contribution in [3.8, 4) is 0 Å². The Kier molecular flexibility index (Phi) is 5.91. The number of carbonyl (C=O) groups excluding carboxylic acids is 1. The van der Waals surface area contributed by atoms with Crippen LogP contribution < -0.4 is 0 Å². The molecule has 2 rings (SSSR count). The maximum atomic E-state index is 14.0. The van der Waals surface area contributed by atoms with Crippen molar-refractivity contribution in [1.82, 2.24) is 9.46 Å². The monoisotopic (exact) mass is 370 g/mol. The summed E-state index contributed by atoms with van der Waals surface area (Å²) in [7, 11) is -3.81. The van der Waals surface area contributed by atoms with E-state index in [0.717, 1.165) is 18.2 Å². The molecule has 0 aliphatic heterocycles. The molecule has 1 aromatic heterocycles. The van der Waals surface area contributed by atoms with Crippen LogP contribution in [-0.4, -0.2) is 36.9 Å². The molecule has 0 radical (unpaired) electrons. The van der Waals surface area contributed by atoms with E-state index in [4.69, 9.17) is 9.26 Å². The van der Waals surface area contributed by atoms with Gasteiger partial charge in [-0.25, -0.2) is 17.6 Å². The van der Waals surface area contributed by atoms with Gasteiger partial charge in [0.1, 0.15) is 23.9 Å². The third kappa shape index (κ3) is 4.23. The highest BCUT2D eigenvalue weighted by molar-refractivity contribution is 7.89. The number of aromatic nitrogens is 1. The Hall–Kier alpha value is -2.26. The minimum absolute atomic E-state index is 0.165. The van der Waals surface area contributed by atoms with Crippen molar-refractivity contribution in [3.63, 3.8) is 0 Å². The Balaban J connectivity index is 2.24. The van der Waals surface area contributed by atoms with E-state index < -0.39 is 27.4 Å². The van der Waals surface area contributed by atoms with Gasteiger partial charge in [0.2, 0.25) is 10.0 Å². The summed E-state index contributed by atoms with van der Waals surface area (Å²) < 4.78 is 50.0. The zero-order valence-electron chi connectivity index (χ0n) is 14.2. The largest absolute Gasteiger partial charge is 0.455 e. The third-order valence-corrected chi connectivity index (χ3v) is 5.57. The van der Waals surface area contributed by atoms with E-state index in [1.807, 2.05) is 0 Å². The summed E-state index contributed by atoms with van der Waals surface area (Å²) in [4.78, 5) is 11.9. The van der Waals surface area contributed by atoms with Gasteiger partial charge in [-0.1, -0.05) is 19.0 Å². The summed E-state index contributed by atoms with van der Waals surface area (Å²) in [6.07, 6.45) is 0. The molecule has 0 aliphatic carbocycles. The van der Waals surface area contributed by atoms with Crippen LogP contribution in [0.4, 0.5) is 4.39 Å². The molecule has 9 heteroatoms. The zero-order chi connectivity index (χ0) is 18.6. The van der Waals surface area contributed by atoms with Crippen molar-refractivity contribution < 1.29 is 26.9 Å². The van der Waals surface area contributed by atoms with E-state index in [1.54, 1.807) is 26.8 Å². The number of halogens is 1. The summed E-state index contributed by atoms with van der Waals surface area (Å²) >= 11 is 0. The van der Waals surface area contributed by atoms with Gasteiger partial charge in [-0.2, -0.15) is 4.31 Å². The van der Waals surface area contributed by atoms with Crippen LogP contribution in [0.3, 0.4) is 0 Å². The van der Waals surface area contributed by atoms with Crippen LogP contribution in [0.25, 0.3) is 0 Å². The fourth-order valence-electron chi connectivity index (χ4n) is 2.24. The molecule has 1 aromatic carbocycles. The van der Waals surface area contributed by atoms with Gasteiger partial charge in [0.25, 0.3) is 0 Å². The first-order valence-corrected chi connectivity index (χ1v) is 9.12. The van der Waals surface area contributed by atoms with Crippen molar-refractivity contribution in [2.75, 3.05) is 13.1 Å². The second kappa shape index (κ2) is 7.75. The number of esters is 1. The molecule has 0 bridgehead atoms. The lowest BCUT2D eigenvalue weighted by atomic mass is 10.2. The number of hydrogen-bond acceptors (Lipinski definition) is 6. The molecule has 1 heterocycles. The highest BCUT2D eigenvalue weighted by Gasteiger charge is 2.24. The number of benzene rings is 1. The first kappa shape index (κ1) is 19.1. The lowest BCUT2D eigenvalue weighted by molar-refractivity contribution is 0.0458. The number of hydrogen-bond donors (Lipinski definition) is 0. The van der Waals surface area contributed by atoms with E-state index in [0.29, 0.717) is 11.5 Å². The molecule has 25 heavy (non-hydrogen) atoms. The summed E-state index contributed by atoms with van der Waals surface area (Å²) in [6.45, 7) is 5.39. The average molecular weight is 370 g/mol. The highest BCUT2D eigenvalue weighted by atomic mass is 32.2. The predicted octanol–water partition coefficient (Wildman–Crippen LogP) is 2.51. The number of aryl methyl sites for hydroxylation is 1. The number of rotatable bonds is 7. The summed E-state index contributed by atoms with van der Waals surface area (Å²) in [5.74, 6) is -1.29. The molecule has 0 amide bonds. The summed E-state index contributed by atoms with van der Waals surface area (Å²) in [6, 6.07) is 4.62. The lowest BCUT2D eigenvalue weighted by Gasteiger charge is -2.18. The number of nitrogens with zero attached hydrogens (tertiary/aromatic N) is 2. The molecule has 2 aromatic rings. The number of sulfonamides is 1. The molecular formula is C16H19FN2O5S. The van der Waals surface area contributed by atoms with Crippen LogP contribution in [0, 0.1) is 12.7 Å². The molecule has 136 valence electrons. The standard InChI is InChI=1S/C16H19FN2O5S/c1-4-19(5-2)25(21,22)13-6-7-15(17)14(9-13)16(20)23-10-12-8-11(3)24-18-12/h6-9H,4-5,10H2,1-3H3. The molecule has 0 saturated carbocycles. The van der Waals surface area contributed by atoms with E-state index in [9.17, 15) is 17.6 Å². The zero-order valence-corrected chi connectivity index (χ0v) is 15.0. The quantitative estimate of drug-likeness (QED) is 0.696. The Bertz CT molecular complexity index is 859. The van der Waals surface area contributed by atoms with E-state index in [-0.39, 0.29) is 24.6 Å². The van der Waals surface area contributed by atoms with Gasteiger partial charge in [0.15, 0.2) is 0 Å². The minimum Gasteiger partial charge on any atom is -0.455 e. The van der Waals surface area contributed by atoms with E-state index in [2.05, 4.69) is 5.16 Å². The maximum Gasteiger partial charge on any atom is 0.341 e. The summed E-state index contributed by atoms with van der Waals surface area (Å²) in [5, 5.41) is 3.66. The van der Waals surface area contributed by atoms with E-state index in [1.165, 1.54) is 4.31 Å². The Morgan fingerprint density at radius 1 is 1.28 bits per heavy atom. The van der Waals surface area contributed by atoms with Crippen LogP contribution in [0.15, 0.2) is 33.7 Å². The first-order valence-electron chi connectivity index (χ1n) is 7.68. The number of ether oxygens (including phenoxy) is 1. The van der Waals surface area contributed by atoms with Crippen molar-refractivity contribution >= 4 is 16.0 Å². The molecule has 0 spiro atoms. The van der Waals surface area contributed by atoms with Gasteiger partial charge in [-0.05, 0) is 25.1 Å². The topological polar surface area (TPSA) is 89.7 Å². The van der Waals surface area contributed by atoms with Crippen molar-refractivity contribution in [1.29, 1.82) is 0 Å². The molecule has 7 nitrogen and oxygen atoms in total. The fourth-order valence-corrected chi connectivity index (χ4v) is 3.72. The van der Waals surface area contributed by atoms with Crippen LogP contribution in [0.2, 0.25) is 0 Å². The second-order valence-corrected chi connectivity index (χ2v) is 7.17. The van der Waals surface area contributed by atoms with Gasteiger partial charge in [-0.3, -0.25) is 0 Å². The second-order valence-electron chi connectivity index (χ2n) is 5.24. The van der Waals surface area contributed by atoms with Crippen LogP contribution in [-0.2, 0) is 21.4 Å². The Morgan fingerprint density at radius 3 is 2.52 bits per heavy atom. The third-order valence-electron chi connectivity index (χ3n) is 3.53. The Morgan fingerprint density at radius 2 is 1.96 bits per heavy atom. The first-order chi connectivity index (χ1) is 11.8. The Labute approximate surface area is 145 Å². The average Bonchev–Trinajstić information content (AvgIpc) is 2.99. The van der Waals surface area contributed by atoms with Gasteiger partial charge >= 0.3 is 5.97 Å². The fraction of sp³-hybridized carbons (Fsp3) is 0.375. The predicted molar refractivity (Wildman–Crippen MR) is 86.9 cm³/mol. The molecule has 0 saturated heterocycles.